The lowest BCUT2D eigenvalue weighted by atomic mass is 10.0. The molecule has 0 saturated heterocycles. The van der Waals surface area contributed by atoms with Gasteiger partial charge in [0.05, 0.1) is 0 Å². The van der Waals surface area contributed by atoms with Gasteiger partial charge in [0.1, 0.15) is 11.3 Å². The van der Waals surface area contributed by atoms with Crippen LogP contribution in [0.4, 0.5) is 5.69 Å². The number of rotatable bonds is 15. The number of carbonyl (C=O) groups is 1. The Morgan fingerprint density at radius 1 is 0.793 bits per heavy atom. The van der Waals surface area contributed by atoms with E-state index in [1.54, 1.807) is 12.1 Å². The van der Waals surface area contributed by atoms with Gasteiger partial charge in [-0.25, -0.2) is 4.79 Å². The molecule has 4 nitrogen and oxygen atoms in total. The summed E-state index contributed by atoms with van der Waals surface area (Å²) in [7, 11) is 0. The third kappa shape index (κ3) is 7.60. The van der Waals surface area contributed by atoms with Gasteiger partial charge in [0, 0.05) is 23.0 Å². The topological polar surface area (TPSA) is 69.6 Å². The molecule has 29 heavy (non-hydrogen) atoms. The molecule has 4 heteroatoms. The predicted molar refractivity (Wildman–Crippen MR) is 122 cm³/mol. The second-order valence-electron chi connectivity index (χ2n) is 7.98. The maximum Gasteiger partial charge on any atom is 0.339 e. The minimum atomic E-state index is -1.11. The molecule has 160 valence electrons. The molecule has 3 N–H and O–H groups in total. The molecule has 0 spiro atoms. The van der Waals surface area contributed by atoms with Gasteiger partial charge in [-0.15, -0.1) is 0 Å². The summed E-state index contributed by atoms with van der Waals surface area (Å²) in [5, 5.41) is 24.2. The van der Waals surface area contributed by atoms with Gasteiger partial charge in [-0.3, -0.25) is 0 Å². The van der Waals surface area contributed by atoms with Crippen molar-refractivity contribution >= 4 is 22.4 Å². The number of fused-ring (bicyclic) bond motifs is 1. The minimum Gasteiger partial charge on any atom is -0.506 e. The van der Waals surface area contributed by atoms with Gasteiger partial charge < -0.3 is 15.5 Å². The third-order valence-electron chi connectivity index (χ3n) is 5.61. The van der Waals surface area contributed by atoms with E-state index in [9.17, 15) is 9.90 Å². The zero-order chi connectivity index (χ0) is 20.9. The van der Waals surface area contributed by atoms with E-state index in [2.05, 4.69) is 12.2 Å². The standard InChI is InChI=1S/C25H37NO3/c1-2-3-4-5-6-7-8-9-10-11-12-13-19-26-23-16-14-15-21-20(23)17-18-22(24(21)27)25(28)29/h14-18,26-27H,2-13,19H2,1H3,(H,28,29). The Morgan fingerprint density at radius 3 is 1.97 bits per heavy atom. The normalized spacial score (nSPS) is 11.1. The summed E-state index contributed by atoms with van der Waals surface area (Å²) in [5.41, 5.74) is 0.883. The number of nitrogens with one attached hydrogen (secondary N) is 1. The highest BCUT2D eigenvalue weighted by molar-refractivity contribution is 6.04. The van der Waals surface area contributed by atoms with Gasteiger partial charge in [-0.2, -0.15) is 0 Å². The van der Waals surface area contributed by atoms with E-state index in [-0.39, 0.29) is 11.3 Å². The highest BCUT2D eigenvalue weighted by atomic mass is 16.4. The van der Waals surface area contributed by atoms with Crippen LogP contribution in [0.15, 0.2) is 30.3 Å². The van der Waals surface area contributed by atoms with Crippen LogP contribution in [0, 0.1) is 0 Å². The Balaban J connectivity index is 1.63. The number of aromatic carboxylic acids is 1. The number of phenols is 1. The number of aromatic hydroxyl groups is 1. The Bertz CT molecular complexity index is 757. The van der Waals surface area contributed by atoms with Crippen LogP contribution in [-0.2, 0) is 0 Å². The fourth-order valence-electron chi connectivity index (χ4n) is 3.86. The highest BCUT2D eigenvalue weighted by Crippen LogP contribution is 2.33. The van der Waals surface area contributed by atoms with E-state index in [0.29, 0.717) is 5.39 Å². The van der Waals surface area contributed by atoms with Gasteiger partial charge in [-0.05, 0) is 18.6 Å². The fourth-order valence-corrected chi connectivity index (χ4v) is 3.86. The predicted octanol–water partition coefficient (Wildman–Crippen LogP) is 7.36. The molecule has 0 bridgehead atoms. The van der Waals surface area contributed by atoms with E-state index >= 15 is 0 Å². The number of unbranched alkanes of at least 4 members (excludes halogenated alkanes) is 11. The van der Waals surface area contributed by atoms with E-state index < -0.39 is 5.97 Å². The largest absolute Gasteiger partial charge is 0.506 e. The number of hydrogen-bond donors (Lipinski definition) is 3. The molecule has 0 aliphatic rings. The van der Waals surface area contributed by atoms with Crippen LogP contribution in [-0.4, -0.2) is 22.7 Å². The maximum absolute atomic E-state index is 11.2. The molecule has 2 aromatic rings. The lowest BCUT2D eigenvalue weighted by molar-refractivity contribution is 0.0694. The summed E-state index contributed by atoms with van der Waals surface area (Å²) < 4.78 is 0. The van der Waals surface area contributed by atoms with Crippen molar-refractivity contribution in [3.8, 4) is 5.75 Å². The second kappa shape index (κ2) is 13.1. The van der Waals surface area contributed by atoms with E-state index in [1.165, 1.54) is 76.7 Å². The quantitative estimate of drug-likeness (QED) is 0.274. The SMILES string of the molecule is CCCCCCCCCCCCCCNc1cccc2c(O)c(C(=O)O)ccc12. The smallest absolute Gasteiger partial charge is 0.339 e. The van der Waals surface area contributed by atoms with Crippen molar-refractivity contribution in [2.75, 3.05) is 11.9 Å². The first kappa shape index (κ1) is 23.1. The van der Waals surface area contributed by atoms with E-state index in [1.807, 2.05) is 12.1 Å². The van der Waals surface area contributed by atoms with Crippen molar-refractivity contribution in [3.63, 3.8) is 0 Å². The third-order valence-corrected chi connectivity index (χ3v) is 5.61. The highest BCUT2D eigenvalue weighted by Gasteiger charge is 2.13. The van der Waals surface area contributed by atoms with Gasteiger partial charge >= 0.3 is 5.97 Å². The molecule has 2 aromatic carbocycles. The van der Waals surface area contributed by atoms with Crippen molar-refractivity contribution in [2.24, 2.45) is 0 Å². The summed E-state index contributed by atoms with van der Waals surface area (Å²) in [5.74, 6) is -1.27. The Kier molecular flexibility index (Phi) is 10.4. The van der Waals surface area contributed by atoms with Crippen molar-refractivity contribution < 1.29 is 15.0 Å². The Morgan fingerprint density at radius 2 is 1.38 bits per heavy atom. The summed E-state index contributed by atoms with van der Waals surface area (Å²) in [6, 6.07) is 8.81. The zero-order valence-corrected chi connectivity index (χ0v) is 17.9. The second-order valence-corrected chi connectivity index (χ2v) is 7.98. The number of anilines is 1. The van der Waals surface area contributed by atoms with E-state index in [4.69, 9.17) is 5.11 Å². The average Bonchev–Trinajstić information content (AvgIpc) is 2.71. The Labute approximate surface area is 175 Å². The lowest BCUT2D eigenvalue weighted by Gasteiger charge is -2.12. The first-order chi connectivity index (χ1) is 14.1. The molecule has 0 unspecified atom stereocenters. The number of carboxylic acid groups (broad SMARTS) is 1. The number of hydrogen-bond acceptors (Lipinski definition) is 3. The van der Waals surface area contributed by atoms with Crippen molar-refractivity contribution in [1.82, 2.24) is 0 Å². The average molecular weight is 400 g/mol. The summed E-state index contributed by atoms with van der Waals surface area (Å²) in [4.78, 5) is 11.2. The van der Waals surface area contributed by atoms with Crippen LogP contribution in [0.1, 0.15) is 94.3 Å². The summed E-state index contributed by atoms with van der Waals surface area (Å²) in [6.45, 7) is 3.15. The number of benzene rings is 2. The molecule has 0 aliphatic heterocycles. The lowest BCUT2D eigenvalue weighted by Crippen LogP contribution is -2.03. The van der Waals surface area contributed by atoms with Gasteiger partial charge in [0.25, 0.3) is 0 Å². The van der Waals surface area contributed by atoms with Crippen molar-refractivity contribution in [1.29, 1.82) is 0 Å². The van der Waals surface area contributed by atoms with Crippen LogP contribution < -0.4 is 5.32 Å². The monoisotopic (exact) mass is 399 g/mol. The van der Waals surface area contributed by atoms with Crippen LogP contribution >= 0.6 is 0 Å². The first-order valence-electron chi connectivity index (χ1n) is 11.4. The van der Waals surface area contributed by atoms with Gasteiger partial charge in [-0.1, -0.05) is 95.8 Å². The van der Waals surface area contributed by atoms with Crippen LogP contribution in [0.2, 0.25) is 0 Å². The zero-order valence-electron chi connectivity index (χ0n) is 17.9. The fraction of sp³-hybridized carbons (Fsp3) is 0.560. The molecule has 0 atom stereocenters. The van der Waals surface area contributed by atoms with E-state index in [0.717, 1.165) is 24.0 Å². The van der Waals surface area contributed by atoms with Gasteiger partial charge in [0.15, 0.2) is 0 Å². The van der Waals surface area contributed by atoms with Crippen molar-refractivity contribution in [2.45, 2.75) is 84.0 Å². The molecule has 0 saturated carbocycles. The molecular weight excluding hydrogens is 362 g/mol. The number of carboxylic acids is 1. The molecule has 0 aromatic heterocycles. The molecular formula is C25H37NO3. The van der Waals surface area contributed by atoms with Crippen LogP contribution in [0.25, 0.3) is 10.8 Å². The molecule has 0 aliphatic carbocycles. The Hall–Kier alpha value is -2.23. The van der Waals surface area contributed by atoms with Crippen LogP contribution in [0.3, 0.4) is 0 Å². The molecule has 0 fully saturated rings. The van der Waals surface area contributed by atoms with Crippen LogP contribution in [0.5, 0.6) is 5.75 Å². The molecule has 0 heterocycles. The molecule has 2 rings (SSSR count). The van der Waals surface area contributed by atoms with Gasteiger partial charge in [0.2, 0.25) is 0 Å². The summed E-state index contributed by atoms with van der Waals surface area (Å²) >= 11 is 0. The maximum atomic E-state index is 11.2. The summed E-state index contributed by atoms with van der Waals surface area (Å²) in [6.07, 6.45) is 16.0. The molecule has 0 amide bonds. The minimum absolute atomic E-state index is 0.0596. The first-order valence-corrected chi connectivity index (χ1v) is 11.4. The van der Waals surface area contributed by atoms with Crippen molar-refractivity contribution in [3.05, 3.63) is 35.9 Å². The molecule has 0 radical (unpaired) electrons.